The molecular formula is C10H17INO2P. The lowest BCUT2D eigenvalue weighted by Crippen LogP contribution is -2.58. The van der Waals surface area contributed by atoms with Crippen LogP contribution in [0.1, 0.15) is 34.1 Å². The zero-order valence-corrected chi connectivity index (χ0v) is 12.6. The van der Waals surface area contributed by atoms with Crippen molar-refractivity contribution in [2.24, 2.45) is 0 Å². The van der Waals surface area contributed by atoms with E-state index in [1.54, 1.807) is 0 Å². The van der Waals surface area contributed by atoms with Gasteiger partial charge in [0.1, 0.15) is 23.1 Å². The predicted molar refractivity (Wildman–Crippen MR) is 71.2 cm³/mol. The first-order chi connectivity index (χ1) is 6.87. The van der Waals surface area contributed by atoms with E-state index in [0.29, 0.717) is 8.73 Å². The standard InChI is InChI=1S/C10H17INO2P/c1-9(2)10(3,4)14-8-6(13-9)5-7(8)15-12-11/h6,12,15H,5H2,1-4H3. The van der Waals surface area contributed by atoms with Gasteiger partial charge in [0.25, 0.3) is 0 Å². The summed E-state index contributed by atoms with van der Waals surface area (Å²) in [6.07, 6.45) is 1.21. The van der Waals surface area contributed by atoms with E-state index < -0.39 is 0 Å². The summed E-state index contributed by atoms with van der Waals surface area (Å²) in [6, 6.07) is 0. The molecule has 1 fully saturated rings. The van der Waals surface area contributed by atoms with Gasteiger partial charge in [0, 0.05) is 34.6 Å². The highest BCUT2D eigenvalue weighted by atomic mass is 127. The molecule has 5 heteroatoms. The molecule has 1 aliphatic carbocycles. The minimum absolute atomic E-state index is 0.195. The van der Waals surface area contributed by atoms with Crippen molar-refractivity contribution < 1.29 is 9.47 Å². The summed E-state index contributed by atoms with van der Waals surface area (Å²) < 4.78 is 15.3. The fourth-order valence-electron chi connectivity index (χ4n) is 1.73. The van der Waals surface area contributed by atoms with E-state index in [2.05, 4.69) is 53.9 Å². The van der Waals surface area contributed by atoms with Gasteiger partial charge in [0.2, 0.25) is 0 Å². The first kappa shape index (κ1) is 12.1. The van der Waals surface area contributed by atoms with Gasteiger partial charge in [-0.25, -0.2) is 3.30 Å². The van der Waals surface area contributed by atoms with Crippen LogP contribution < -0.4 is 3.30 Å². The average molecular weight is 341 g/mol. The smallest absolute Gasteiger partial charge is 0.131 e. The van der Waals surface area contributed by atoms with Gasteiger partial charge in [-0.2, -0.15) is 0 Å². The minimum atomic E-state index is -0.250. The number of nitrogens with one attached hydrogen (secondary N) is 1. The van der Waals surface area contributed by atoms with Crippen LogP contribution in [-0.2, 0) is 9.47 Å². The van der Waals surface area contributed by atoms with Gasteiger partial charge in [-0.3, -0.25) is 0 Å². The van der Waals surface area contributed by atoms with E-state index in [9.17, 15) is 0 Å². The molecule has 0 aromatic heterocycles. The summed E-state index contributed by atoms with van der Waals surface area (Å²) in [5, 5.41) is 1.37. The van der Waals surface area contributed by atoms with E-state index in [4.69, 9.17) is 9.47 Å². The maximum absolute atomic E-state index is 6.07. The van der Waals surface area contributed by atoms with Crippen LogP contribution in [0.5, 0.6) is 0 Å². The Hall–Kier alpha value is 0.620. The molecular weight excluding hydrogens is 324 g/mol. The molecule has 2 rings (SSSR count). The molecule has 0 spiro atoms. The molecule has 86 valence electrons. The third kappa shape index (κ3) is 1.94. The zero-order chi connectivity index (χ0) is 11.3. The van der Waals surface area contributed by atoms with Gasteiger partial charge < -0.3 is 9.47 Å². The van der Waals surface area contributed by atoms with Crippen LogP contribution in [0.4, 0.5) is 0 Å². The molecule has 2 atom stereocenters. The Kier molecular flexibility index (Phi) is 3.08. The van der Waals surface area contributed by atoms with Crippen molar-refractivity contribution in [3.05, 3.63) is 11.1 Å². The van der Waals surface area contributed by atoms with Gasteiger partial charge in [-0.1, -0.05) is 0 Å². The van der Waals surface area contributed by atoms with Crippen molar-refractivity contribution in [3.8, 4) is 0 Å². The number of rotatable bonds is 2. The van der Waals surface area contributed by atoms with E-state index >= 15 is 0 Å². The van der Waals surface area contributed by atoms with Crippen LogP contribution >= 0.6 is 31.6 Å². The van der Waals surface area contributed by atoms with Gasteiger partial charge in [0.05, 0.1) is 0 Å². The molecule has 0 radical (unpaired) electrons. The maximum Gasteiger partial charge on any atom is 0.131 e. The Morgan fingerprint density at radius 2 is 2.00 bits per heavy atom. The quantitative estimate of drug-likeness (QED) is 0.476. The molecule has 1 heterocycles. The van der Waals surface area contributed by atoms with Gasteiger partial charge >= 0.3 is 0 Å². The average Bonchev–Trinajstić information content (AvgIpc) is 2.11. The first-order valence-corrected chi connectivity index (χ1v) is 7.17. The van der Waals surface area contributed by atoms with E-state index in [1.165, 1.54) is 5.31 Å². The lowest BCUT2D eigenvalue weighted by atomic mass is 9.85. The molecule has 0 saturated carbocycles. The topological polar surface area (TPSA) is 30.5 Å². The fraction of sp³-hybridized carbons (Fsp3) is 0.800. The molecule has 2 aliphatic rings. The fourth-order valence-corrected chi connectivity index (χ4v) is 3.44. The third-order valence-corrected chi connectivity index (χ3v) is 5.09. The number of hydrogen-bond acceptors (Lipinski definition) is 3. The normalized spacial score (nSPS) is 32.5. The summed E-state index contributed by atoms with van der Waals surface area (Å²) >= 11 is 2.17. The predicted octanol–water partition coefficient (Wildman–Crippen LogP) is 3.11. The van der Waals surface area contributed by atoms with E-state index in [-0.39, 0.29) is 17.3 Å². The summed E-state index contributed by atoms with van der Waals surface area (Å²) in [7, 11) is 0.655. The van der Waals surface area contributed by atoms with Gasteiger partial charge in [-0.15, -0.1) is 0 Å². The first-order valence-electron chi connectivity index (χ1n) is 5.09. The van der Waals surface area contributed by atoms with Crippen molar-refractivity contribution in [2.45, 2.75) is 51.4 Å². The monoisotopic (exact) mass is 341 g/mol. The second-order valence-corrected chi connectivity index (χ2v) is 7.66. The van der Waals surface area contributed by atoms with Crippen molar-refractivity contribution in [1.82, 2.24) is 3.30 Å². The Morgan fingerprint density at radius 1 is 1.33 bits per heavy atom. The molecule has 1 N–H and O–H groups in total. The number of fused-ring (bicyclic) bond motifs is 1. The van der Waals surface area contributed by atoms with Crippen LogP contribution in [0, 0.1) is 0 Å². The highest BCUT2D eigenvalue weighted by molar-refractivity contribution is 14.1. The van der Waals surface area contributed by atoms with Crippen LogP contribution in [0.25, 0.3) is 0 Å². The van der Waals surface area contributed by atoms with E-state index in [1.807, 2.05) is 0 Å². The van der Waals surface area contributed by atoms with Crippen LogP contribution in [0.3, 0.4) is 0 Å². The largest absolute Gasteiger partial charge is 0.486 e. The van der Waals surface area contributed by atoms with Gasteiger partial charge in [0.15, 0.2) is 0 Å². The SMILES string of the molecule is CC1(C)OC2=C(PNI)CC2OC1(C)C. The molecule has 0 amide bonds. The van der Waals surface area contributed by atoms with E-state index in [0.717, 1.165) is 12.2 Å². The Labute approximate surface area is 107 Å². The lowest BCUT2D eigenvalue weighted by molar-refractivity contribution is -0.239. The molecule has 1 saturated heterocycles. The molecule has 0 aromatic carbocycles. The Morgan fingerprint density at radius 3 is 2.60 bits per heavy atom. The van der Waals surface area contributed by atoms with Crippen LogP contribution in [0.2, 0.25) is 0 Å². The number of hydrogen-bond donors (Lipinski definition) is 1. The Bertz CT molecular complexity index is 315. The van der Waals surface area contributed by atoms with Crippen molar-refractivity contribution in [1.29, 1.82) is 0 Å². The molecule has 1 aliphatic heterocycles. The van der Waals surface area contributed by atoms with Crippen molar-refractivity contribution in [2.75, 3.05) is 0 Å². The molecule has 3 nitrogen and oxygen atoms in total. The number of halogens is 1. The number of ether oxygens (including phenoxy) is 2. The Balaban J connectivity index is 2.19. The van der Waals surface area contributed by atoms with Crippen LogP contribution in [0.15, 0.2) is 11.1 Å². The molecule has 0 bridgehead atoms. The summed E-state index contributed by atoms with van der Waals surface area (Å²) in [4.78, 5) is 0. The van der Waals surface area contributed by atoms with Crippen LogP contribution in [-0.4, -0.2) is 17.3 Å². The highest BCUT2D eigenvalue weighted by Gasteiger charge is 2.51. The summed E-state index contributed by atoms with van der Waals surface area (Å²) in [6.45, 7) is 8.38. The minimum Gasteiger partial charge on any atom is -0.486 e. The summed E-state index contributed by atoms with van der Waals surface area (Å²) in [5.41, 5.74) is -0.464. The lowest BCUT2D eigenvalue weighted by Gasteiger charge is -2.53. The second kappa shape index (κ2) is 3.83. The molecule has 0 aromatic rings. The third-order valence-electron chi connectivity index (χ3n) is 3.43. The second-order valence-electron chi connectivity index (χ2n) is 5.00. The molecule has 15 heavy (non-hydrogen) atoms. The maximum atomic E-state index is 6.07. The summed E-state index contributed by atoms with van der Waals surface area (Å²) in [5.74, 6) is 1.07. The molecule has 2 unspecified atom stereocenters. The van der Waals surface area contributed by atoms with Crippen molar-refractivity contribution in [3.63, 3.8) is 0 Å². The van der Waals surface area contributed by atoms with Crippen molar-refractivity contribution >= 4 is 31.6 Å². The zero-order valence-electron chi connectivity index (χ0n) is 9.48. The highest BCUT2D eigenvalue weighted by Crippen LogP contribution is 2.50. The van der Waals surface area contributed by atoms with Gasteiger partial charge in [-0.05, 0) is 36.4 Å².